The van der Waals surface area contributed by atoms with E-state index >= 15 is 0 Å². The summed E-state index contributed by atoms with van der Waals surface area (Å²) in [4.78, 5) is 0. The van der Waals surface area contributed by atoms with E-state index < -0.39 is 0 Å². The van der Waals surface area contributed by atoms with Crippen LogP contribution in [-0.4, -0.2) is 23.6 Å². The molecule has 0 radical (unpaired) electrons. The van der Waals surface area contributed by atoms with Crippen LogP contribution in [0.3, 0.4) is 0 Å². The maximum absolute atomic E-state index is 2.46. The smallest absolute Gasteiger partial charge is 0.0237 e. The van der Waals surface area contributed by atoms with Crippen molar-refractivity contribution in [2.24, 2.45) is 0 Å². The first-order chi connectivity index (χ1) is 7.74. The molecule has 0 rings (SSSR count). The van der Waals surface area contributed by atoms with Gasteiger partial charge >= 0.3 is 0 Å². The van der Waals surface area contributed by atoms with Crippen molar-refractivity contribution in [3.8, 4) is 0 Å². The van der Waals surface area contributed by atoms with Crippen molar-refractivity contribution in [1.82, 2.24) is 0 Å². The van der Waals surface area contributed by atoms with Gasteiger partial charge in [-0.25, -0.2) is 0 Å². The number of rotatable bonds is 11. The van der Waals surface area contributed by atoms with Crippen LogP contribution in [0.15, 0.2) is 0 Å². The fourth-order valence-electron chi connectivity index (χ4n) is 1.99. The molecule has 4 atom stereocenters. The monoisotopic (exact) mass is 262 g/mol. The summed E-state index contributed by atoms with van der Waals surface area (Å²) in [6, 6.07) is 0. The molecule has 2 heteroatoms. The first-order valence-corrected chi connectivity index (χ1v) is 9.78. The molecule has 0 aromatic heterocycles. The first kappa shape index (κ1) is 16.9. The van der Waals surface area contributed by atoms with Crippen molar-refractivity contribution in [3.05, 3.63) is 0 Å². The second-order valence-corrected chi connectivity index (χ2v) is 8.49. The first-order valence-electron chi connectivity index (χ1n) is 7.21. The van der Waals surface area contributed by atoms with E-state index in [-0.39, 0.29) is 0 Å². The zero-order valence-electron chi connectivity index (χ0n) is 11.8. The molecular formula is C14H32P2. The summed E-state index contributed by atoms with van der Waals surface area (Å²) in [7, 11) is 2.45. The van der Waals surface area contributed by atoms with Gasteiger partial charge in [-0.3, -0.25) is 0 Å². The lowest BCUT2D eigenvalue weighted by Crippen LogP contribution is -2.05. The molecule has 0 saturated carbocycles. The molecule has 0 aromatic rings. The molecule has 98 valence electrons. The Kier molecular flexibility index (Phi) is 13.0. The maximum atomic E-state index is 2.46. The van der Waals surface area contributed by atoms with Crippen LogP contribution in [0.5, 0.6) is 0 Å². The highest BCUT2D eigenvalue weighted by Gasteiger charge is 2.09. The zero-order valence-corrected chi connectivity index (χ0v) is 13.8. The van der Waals surface area contributed by atoms with Gasteiger partial charge in [0.15, 0.2) is 0 Å². The summed E-state index contributed by atoms with van der Waals surface area (Å²) >= 11 is 0. The second kappa shape index (κ2) is 12.3. The van der Waals surface area contributed by atoms with E-state index in [2.05, 4.69) is 27.7 Å². The van der Waals surface area contributed by atoms with Crippen LogP contribution in [0.4, 0.5) is 0 Å². The molecule has 0 fully saturated rings. The molecule has 0 nitrogen and oxygen atoms in total. The van der Waals surface area contributed by atoms with E-state index in [1.165, 1.54) is 68.0 Å². The molecule has 0 heterocycles. The zero-order chi connectivity index (χ0) is 12.2. The Morgan fingerprint density at radius 2 is 1.38 bits per heavy atom. The summed E-state index contributed by atoms with van der Waals surface area (Å²) in [5.74, 6) is 0. The van der Waals surface area contributed by atoms with E-state index in [4.69, 9.17) is 0 Å². The Labute approximate surface area is 107 Å². The third-order valence-corrected chi connectivity index (χ3v) is 6.73. The predicted octanol–water partition coefficient (Wildman–Crippen LogP) is 5.50. The summed E-state index contributed by atoms with van der Waals surface area (Å²) in [5.41, 5.74) is 2.05. The van der Waals surface area contributed by atoms with Gasteiger partial charge in [-0.15, -0.1) is 17.2 Å². The average molecular weight is 262 g/mol. The molecule has 0 aromatic carbocycles. The fourth-order valence-corrected chi connectivity index (χ4v) is 4.70. The predicted molar refractivity (Wildman–Crippen MR) is 84.3 cm³/mol. The Morgan fingerprint density at radius 3 is 1.94 bits per heavy atom. The molecule has 0 bridgehead atoms. The molecule has 0 aliphatic rings. The van der Waals surface area contributed by atoms with Gasteiger partial charge in [0.1, 0.15) is 0 Å². The van der Waals surface area contributed by atoms with Crippen LogP contribution >= 0.6 is 17.2 Å². The van der Waals surface area contributed by atoms with Gasteiger partial charge in [-0.1, -0.05) is 47.0 Å². The molecule has 0 saturated heterocycles. The molecule has 0 aliphatic heterocycles. The van der Waals surface area contributed by atoms with Gasteiger partial charge in [0.05, 0.1) is 0 Å². The van der Waals surface area contributed by atoms with Gasteiger partial charge in [0.25, 0.3) is 0 Å². The topological polar surface area (TPSA) is 0 Å². The van der Waals surface area contributed by atoms with Crippen LogP contribution in [0.25, 0.3) is 0 Å². The van der Waals surface area contributed by atoms with Crippen LogP contribution in [0, 0.1) is 0 Å². The molecule has 16 heavy (non-hydrogen) atoms. The molecule has 4 unspecified atom stereocenters. The maximum Gasteiger partial charge on any atom is -0.0237 e. The molecule has 0 spiro atoms. The van der Waals surface area contributed by atoms with Crippen molar-refractivity contribution in [2.45, 2.75) is 77.5 Å². The Morgan fingerprint density at radius 1 is 0.750 bits per heavy atom. The van der Waals surface area contributed by atoms with E-state index in [0.717, 1.165) is 11.3 Å². The minimum Gasteiger partial charge on any atom is -0.119 e. The standard InChI is InChI=1S/C14H32P2/c1-5-8-14(16-12-7-3)10-9-13(4)15-11-6-2/h13-16H,5-12H2,1-4H3. The minimum atomic E-state index is 0.991. The Bertz CT molecular complexity index is 137. The van der Waals surface area contributed by atoms with Crippen molar-refractivity contribution < 1.29 is 0 Å². The number of hydrogen-bond acceptors (Lipinski definition) is 0. The van der Waals surface area contributed by atoms with Crippen LogP contribution in [0.1, 0.15) is 66.2 Å². The molecule has 0 amide bonds. The highest BCUT2D eigenvalue weighted by molar-refractivity contribution is 7.39. The van der Waals surface area contributed by atoms with Gasteiger partial charge in [0, 0.05) is 0 Å². The Hall–Kier alpha value is 0.860. The third-order valence-electron chi connectivity index (χ3n) is 3.01. The van der Waals surface area contributed by atoms with E-state index in [9.17, 15) is 0 Å². The summed E-state index contributed by atoms with van der Waals surface area (Å²) in [6.45, 7) is 9.43. The van der Waals surface area contributed by atoms with Crippen LogP contribution in [-0.2, 0) is 0 Å². The quantitative estimate of drug-likeness (QED) is 0.431. The summed E-state index contributed by atoms with van der Waals surface area (Å²) in [5, 5.41) is 0. The fraction of sp³-hybridized carbons (Fsp3) is 1.00. The molecule has 0 aliphatic carbocycles. The molecular weight excluding hydrogens is 230 g/mol. The van der Waals surface area contributed by atoms with E-state index in [1.54, 1.807) is 0 Å². The minimum absolute atomic E-state index is 0.991. The van der Waals surface area contributed by atoms with Gasteiger partial charge in [0.2, 0.25) is 0 Å². The van der Waals surface area contributed by atoms with E-state index in [1.807, 2.05) is 0 Å². The highest BCUT2D eigenvalue weighted by Crippen LogP contribution is 2.31. The van der Waals surface area contributed by atoms with E-state index in [0.29, 0.717) is 0 Å². The van der Waals surface area contributed by atoms with Crippen molar-refractivity contribution in [3.63, 3.8) is 0 Å². The second-order valence-electron chi connectivity index (χ2n) is 4.87. The largest absolute Gasteiger partial charge is 0.119 e. The lowest BCUT2D eigenvalue weighted by atomic mass is 10.1. The average Bonchev–Trinajstić information content (AvgIpc) is 2.30. The molecule has 0 N–H and O–H groups in total. The van der Waals surface area contributed by atoms with Gasteiger partial charge in [-0.05, 0) is 42.9 Å². The lowest BCUT2D eigenvalue weighted by Gasteiger charge is -2.18. The SMILES string of the molecule is CCCPC(C)CCC(CCC)PCCC. The number of hydrogen-bond donors (Lipinski definition) is 0. The van der Waals surface area contributed by atoms with Gasteiger partial charge in [-0.2, -0.15) is 0 Å². The normalized spacial score (nSPS) is 16.5. The van der Waals surface area contributed by atoms with Crippen molar-refractivity contribution in [2.75, 3.05) is 12.3 Å². The van der Waals surface area contributed by atoms with Crippen LogP contribution in [0.2, 0.25) is 0 Å². The van der Waals surface area contributed by atoms with Crippen LogP contribution < -0.4 is 0 Å². The van der Waals surface area contributed by atoms with Crippen molar-refractivity contribution in [1.29, 1.82) is 0 Å². The third kappa shape index (κ3) is 10.0. The Balaban J connectivity index is 3.63. The lowest BCUT2D eigenvalue weighted by molar-refractivity contribution is 0.639. The summed E-state index contributed by atoms with van der Waals surface area (Å²) in [6.07, 6.45) is 11.5. The van der Waals surface area contributed by atoms with Crippen molar-refractivity contribution >= 4 is 17.2 Å². The summed E-state index contributed by atoms with van der Waals surface area (Å²) < 4.78 is 0. The van der Waals surface area contributed by atoms with Gasteiger partial charge < -0.3 is 0 Å². The highest BCUT2D eigenvalue weighted by atomic mass is 31.1.